The summed E-state index contributed by atoms with van der Waals surface area (Å²) >= 11 is 0. The molecule has 1 rings (SSSR count). The standard InChI is InChI=1S/C15H20/c1-6-11(2)13(4)14(5)15-10-8-7-9-12(15)3/h6-10H,1-5H3/b11-6-,14-13-. The summed E-state index contributed by atoms with van der Waals surface area (Å²) in [5.74, 6) is 0. The predicted octanol–water partition coefficient (Wildman–Crippen LogP) is 4.75. The largest absolute Gasteiger partial charge is 0.0844 e. The van der Waals surface area contributed by atoms with E-state index in [1.807, 2.05) is 0 Å². The molecule has 0 bridgehead atoms. The van der Waals surface area contributed by atoms with Crippen LogP contribution in [-0.4, -0.2) is 0 Å². The van der Waals surface area contributed by atoms with Gasteiger partial charge in [0.2, 0.25) is 0 Å². The van der Waals surface area contributed by atoms with E-state index in [1.165, 1.54) is 27.8 Å². The predicted molar refractivity (Wildman–Crippen MR) is 68.9 cm³/mol. The van der Waals surface area contributed by atoms with E-state index in [2.05, 4.69) is 65.0 Å². The van der Waals surface area contributed by atoms with Gasteiger partial charge >= 0.3 is 0 Å². The normalized spacial score (nSPS) is 13.8. The van der Waals surface area contributed by atoms with Gasteiger partial charge in [0.1, 0.15) is 0 Å². The molecule has 0 aromatic heterocycles. The summed E-state index contributed by atoms with van der Waals surface area (Å²) < 4.78 is 0. The van der Waals surface area contributed by atoms with Crippen LogP contribution in [0.15, 0.2) is 41.5 Å². The number of rotatable bonds is 2. The molecule has 0 spiro atoms. The number of aryl methyl sites for hydroxylation is 1. The molecule has 80 valence electrons. The first-order valence-electron chi connectivity index (χ1n) is 5.44. The fourth-order valence-electron chi connectivity index (χ4n) is 1.71. The van der Waals surface area contributed by atoms with Crippen LogP contribution < -0.4 is 0 Å². The van der Waals surface area contributed by atoms with E-state index in [0.29, 0.717) is 0 Å². The third-order valence-electron chi connectivity index (χ3n) is 3.14. The molecule has 0 aliphatic heterocycles. The van der Waals surface area contributed by atoms with Crippen LogP contribution in [0.5, 0.6) is 0 Å². The van der Waals surface area contributed by atoms with Crippen molar-refractivity contribution in [3.63, 3.8) is 0 Å². The van der Waals surface area contributed by atoms with Crippen LogP contribution >= 0.6 is 0 Å². The Balaban J connectivity index is 3.25. The van der Waals surface area contributed by atoms with Crippen molar-refractivity contribution in [1.82, 2.24) is 0 Å². The molecule has 0 amide bonds. The van der Waals surface area contributed by atoms with Crippen LogP contribution in [0.25, 0.3) is 5.57 Å². The van der Waals surface area contributed by atoms with Gasteiger partial charge in [0, 0.05) is 0 Å². The second-order valence-electron chi connectivity index (χ2n) is 4.04. The van der Waals surface area contributed by atoms with E-state index in [4.69, 9.17) is 0 Å². The summed E-state index contributed by atoms with van der Waals surface area (Å²) in [6.45, 7) is 10.8. The van der Waals surface area contributed by atoms with E-state index >= 15 is 0 Å². The molecule has 0 saturated carbocycles. The topological polar surface area (TPSA) is 0 Å². The Morgan fingerprint density at radius 3 is 2.20 bits per heavy atom. The van der Waals surface area contributed by atoms with E-state index in [1.54, 1.807) is 0 Å². The lowest BCUT2D eigenvalue weighted by Crippen LogP contribution is -1.90. The molecule has 15 heavy (non-hydrogen) atoms. The highest BCUT2D eigenvalue weighted by atomic mass is 14.1. The fraction of sp³-hybridized carbons (Fsp3) is 0.333. The number of allylic oxidation sites excluding steroid dienone is 4. The minimum Gasteiger partial charge on any atom is -0.0844 e. The summed E-state index contributed by atoms with van der Waals surface area (Å²) in [6, 6.07) is 8.54. The molecule has 0 atom stereocenters. The van der Waals surface area contributed by atoms with Gasteiger partial charge in [0.15, 0.2) is 0 Å². The maximum atomic E-state index is 2.20. The second kappa shape index (κ2) is 4.97. The molecule has 1 aromatic carbocycles. The van der Waals surface area contributed by atoms with Crippen molar-refractivity contribution in [3.05, 3.63) is 52.6 Å². The molecule has 0 saturated heterocycles. The van der Waals surface area contributed by atoms with Crippen molar-refractivity contribution in [2.75, 3.05) is 0 Å². The van der Waals surface area contributed by atoms with Crippen LogP contribution in [0.2, 0.25) is 0 Å². The van der Waals surface area contributed by atoms with Crippen LogP contribution in [-0.2, 0) is 0 Å². The second-order valence-corrected chi connectivity index (χ2v) is 4.04. The molecule has 1 aromatic rings. The van der Waals surface area contributed by atoms with Crippen molar-refractivity contribution in [1.29, 1.82) is 0 Å². The van der Waals surface area contributed by atoms with Gasteiger partial charge in [-0.15, -0.1) is 0 Å². The molecule has 0 heteroatoms. The molecule has 0 N–H and O–H groups in total. The van der Waals surface area contributed by atoms with Gasteiger partial charge in [-0.2, -0.15) is 0 Å². The van der Waals surface area contributed by atoms with Gasteiger partial charge in [-0.05, 0) is 56.9 Å². The lowest BCUT2D eigenvalue weighted by Gasteiger charge is -2.11. The number of hydrogen-bond donors (Lipinski definition) is 0. The Bertz CT molecular complexity index is 406. The molecular weight excluding hydrogens is 180 g/mol. The quantitative estimate of drug-likeness (QED) is 0.604. The van der Waals surface area contributed by atoms with Crippen LogP contribution in [0.3, 0.4) is 0 Å². The van der Waals surface area contributed by atoms with Crippen molar-refractivity contribution in [2.45, 2.75) is 34.6 Å². The SMILES string of the molecule is C/C=C(C)\C(C)=C(\C)c1ccccc1C. The summed E-state index contributed by atoms with van der Waals surface area (Å²) in [7, 11) is 0. The van der Waals surface area contributed by atoms with Gasteiger partial charge in [-0.25, -0.2) is 0 Å². The average molecular weight is 200 g/mol. The third kappa shape index (κ3) is 2.59. The Morgan fingerprint density at radius 2 is 1.67 bits per heavy atom. The third-order valence-corrected chi connectivity index (χ3v) is 3.14. The summed E-state index contributed by atoms with van der Waals surface area (Å²) in [5, 5.41) is 0. The highest BCUT2D eigenvalue weighted by molar-refractivity contribution is 5.72. The lowest BCUT2D eigenvalue weighted by atomic mass is 9.95. The minimum absolute atomic E-state index is 1.35. The first-order chi connectivity index (χ1) is 7.07. The van der Waals surface area contributed by atoms with E-state index in [-0.39, 0.29) is 0 Å². The Labute approximate surface area is 93.3 Å². The highest BCUT2D eigenvalue weighted by Crippen LogP contribution is 2.25. The van der Waals surface area contributed by atoms with E-state index in [9.17, 15) is 0 Å². The van der Waals surface area contributed by atoms with Gasteiger partial charge < -0.3 is 0 Å². The molecule has 0 nitrogen and oxygen atoms in total. The first kappa shape index (κ1) is 11.8. The zero-order valence-corrected chi connectivity index (χ0v) is 10.4. The van der Waals surface area contributed by atoms with Crippen molar-refractivity contribution < 1.29 is 0 Å². The van der Waals surface area contributed by atoms with Gasteiger partial charge in [0.05, 0.1) is 0 Å². The first-order valence-corrected chi connectivity index (χ1v) is 5.44. The molecular formula is C15H20. The monoisotopic (exact) mass is 200 g/mol. The number of hydrogen-bond acceptors (Lipinski definition) is 0. The average Bonchev–Trinajstić information content (AvgIpc) is 2.26. The molecule has 0 radical (unpaired) electrons. The molecule has 0 heterocycles. The Hall–Kier alpha value is -1.30. The Kier molecular flexibility index (Phi) is 3.90. The maximum absolute atomic E-state index is 2.20. The maximum Gasteiger partial charge on any atom is -0.0195 e. The van der Waals surface area contributed by atoms with Gasteiger partial charge in [-0.1, -0.05) is 35.9 Å². The van der Waals surface area contributed by atoms with Gasteiger partial charge in [0.25, 0.3) is 0 Å². The van der Waals surface area contributed by atoms with E-state index < -0.39 is 0 Å². The van der Waals surface area contributed by atoms with Crippen molar-refractivity contribution >= 4 is 5.57 Å². The summed E-state index contributed by atoms with van der Waals surface area (Å²) in [4.78, 5) is 0. The lowest BCUT2D eigenvalue weighted by molar-refractivity contribution is 1.30. The van der Waals surface area contributed by atoms with Crippen molar-refractivity contribution in [3.8, 4) is 0 Å². The summed E-state index contributed by atoms with van der Waals surface area (Å²) in [5.41, 5.74) is 6.82. The summed E-state index contributed by atoms with van der Waals surface area (Å²) in [6.07, 6.45) is 2.16. The molecule has 0 unspecified atom stereocenters. The number of benzene rings is 1. The van der Waals surface area contributed by atoms with Crippen LogP contribution in [0.4, 0.5) is 0 Å². The zero-order chi connectivity index (χ0) is 11.4. The molecule has 0 aliphatic rings. The van der Waals surface area contributed by atoms with Crippen LogP contribution in [0.1, 0.15) is 38.8 Å². The van der Waals surface area contributed by atoms with E-state index in [0.717, 1.165) is 0 Å². The fourth-order valence-corrected chi connectivity index (χ4v) is 1.71. The smallest absolute Gasteiger partial charge is 0.0195 e. The highest BCUT2D eigenvalue weighted by Gasteiger charge is 2.03. The minimum atomic E-state index is 1.35. The van der Waals surface area contributed by atoms with Crippen molar-refractivity contribution in [2.24, 2.45) is 0 Å². The van der Waals surface area contributed by atoms with Gasteiger partial charge in [-0.3, -0.25) is 0 Å². The molecule has 0 fully saturated rings. The zero-order valence-electron chi connectivity index (χ0n) is 10.4. The van der Waals surface area contributed by atoms with Crippen LogP contribution in [0, 0.1) is 6.92 Å². The molecule has 0 aliphatic carbocycles. The Morgan fingerprint density at radius 1 is 1.07 bits per heavy atom.